The van der Waals surface area contributed by atoms with Crippen LogP contribution in [0.15, 0.2) is 18.2 Å². The molecule has 2 aromatic rings. The van der Waals surface area contributed by atoms with Gasteiger partial charge in [0, 0.05) is 12.1 Å². The highest BCUT2D eigenvalue weighted by molar-refractivity contribution is 7.18. The Bertz CT molecular complexity index is 536. The van der Waals surface area contributed by atoms with Gasteiger partial charge in [-0.25, -0.2) is 9.37 Å². The van der Waals surface area contributed by atoms with Crippen LogP contribution >= 0.6 is 11.3 Å². The van der Waals surface area contributed by atoms with Crippen LogP contribution < -0.4 is 11.1 Å². The van der Waals surface area contributed by atoms with Gasteiger partial charge in [-0.3, -0.25) is 0 Å². The molecule has 0 radical (unpaired) electrons. The number of nitrogens with one attached hydrogen (secondary N) is 1. The van der Waals surface area contributed by atoms with Crippen LogP contribution in [-0.4, -0.2) is 17.1 Å². The van der Waals surface area contributed by atoms with Crippen molar-refractivity contribution in [3.8, 4) is 0 Å². The second kappa shape index (κ2) is 5.30. The van der Waals surface area contributed by atoms with Gasteiger partial charge in [0.25, 0.3) is 0 Å². The van der Waals surface area contributed by atoms with Gasteiger partial charge in [-0.2, -0.15) is 0 Å². The zero-order valence-corrected chi connectivity index (χ0v) is 11.5. The molecule has 0 aliphatic rings. The molecule has 0 saturated carbocycles. The summed E-state index contributed by atoms with van der Waals surface area (Å²) in [5, 5.41) is 4.40. The summed E-state index contributed by atoms with van der Waals surface area (Å²) in [7, 11) is 0. The Hall–Kier alpha value is -1.04. The molecule has 1 aromatic heterocycles. The van der Waals surface area contributed by atoms with Crippen LogP contribution in [-0.2, 0) is 6.54 Å². The minimum atomic E-state index is -0.214. The van der Waals surface area contributed by atoms with E-state index in [-0.39, 0.29) is 11.4 Å². The molecule has 0 saturated heterocycles. The van der Waals surface area contributed by atoms with E-state index in [1.807, 2.05) is 0 Å². The topological polar surface area (TPSA) is 50.9 Å². The van der Waals surface area contributed by atoms with Crippen molar-refractivity contribution in [3.63, 3.8) is 0 Å². The Morgan fingerprint density at radius 2 is 2.22 bits per heavy atom. The quantitative estimate of drug-likeness (QED) is 0.875. The highest BCUT2D eigenvalue weighted by Crippen LogP contribution is 2.23. The molecule has 1 aromatic carbocycles. The molecule has 18 heavy (non-hydrogen) atoms. The highest BCUT2D eigenvalue weighted by Gasteiger charge is 2.16. The van der Waals surface area contributed by atoms with Gasteiger partial charge in [-0.1, -0.05) is 0 Å². The number of hydrogen-bond acceptors (Lipinski definition) is 4. The first-order valence-corrected chi connectivity index (χ1v) is 6.82. The summed E-state index contributed by atoms with van der Waals surface area (Å²) in [6, 6.07) is 4.69. The minimum Gasteiger partial charge on any atom is -0.330 e. The lowest BCUT2D eigenvalue weighted by Crippen LogP contribution is -2.40. The fraction of sp³-hybridized carbons (Fsp3) is 0.462. The van der Waals surface area contributed by atoms with Crippen molar-refractivity contribution in [2.45, 2.75) is 32.4 Å². The summed E-state index contributed by atoms with van der Waals surface area (Å²) in [4.78, 5) is 4.48. The monoisotopic (exact) mass is 267 g/mol. The first-order chi connectivity index (χ1) is 8.50. The Morgan fingerprint density at radius 1 is 1.44 bits per heavy atom. The Labute approximate surface area is 110 Å². The maximum Gasteiger partial charge on any atom is 0.124 e. The molecule has 2 rings (SSSR count). The van der Waals surface area contributed by atoms with Crippen LogP contribution in [0.5, 0.6) is 0 Å². The minimum absolute atomic E-state index is 0.00213. The maximum atomic E-state index is 13.1. The molecule has 3 N–H and O–H groups in total. The summed E-state index contributed by atoms with van der Waals surface area (Å²) in [5.74, 6) is -0.214. The zero-order chi connectivity index (χ0) is 13.2. The van der Waals surface area contributed by atoms with Crippen LogP contribution in [0, 0.1) is 5.82 Å². The molecule has 98 valence electrons. The van der Waals surface area contributed by atoms with Gasteiger partial charge in [-0.05, 0) is 45.0 Å². The number of nitrogens with zero attached hydrogens (tertiary/aromatic N) is 1. The number of benzene rings is 1. The van der Waals surface area contributed by atoms with Gasteiger partial charge in [0.05, 0.1) is 10.2 Å². The predicted octanol–water partition coefficient (Wildman–Crippen LogP) is 2.65. The lowest BCUT2D eigenvalue weighted by Gasteiger charge is -2.25. The van der Waals surface area contributed by atoms with Gasteiger partial charge in [0.2, 0.25) is 0 Å². The second-order valence-electron chi connectivity index (χ2n) is 5.00. The lowest BCUT2D eigenvalue weighted by molar-refractivity contribution is 0.365. The van der Waals surface area contributed by atoms with E-state index in [0.717, 1.165) is 21.6 Å². The number of hydrogen-bond donors (Lipinski definition) is 2. The van der Waals surface area contributed by atoms with Gasteiger partial charge in [0.1, 0.15) is 10.8 Å². The van der Waals surface area contributed by atoms with Gasteiger partial charge >= 0.3 is 0 Å². The first kappa shape index (κ1) is 13.4. The van der Waals surface area contributed by atoms with E-state index in [1.54, 1.807) is 6.07 Å². The Balaban J connectivity index is 2.08. The van der Waals surface area contributed by atoms with Gasteiger partial charge in [-0.15, -0.1) is 11.3 Å². The van der Waals surface area contributed by atoms with E-state index >= 15 is 0 Å². The highest BCUT2D eigenvalue weighted by atomic mass is 32.1. The second-order valence-corrected chi connectivity index (χ2v) is 6.11. The van der Waals surface area contributed by atoms with Gasteiger partial charge < -0.3 is 11.1 Å². The number of nitrogens with two attached hydrogens (primary N) is 1. The van der Waals surface area contributed by atoms with Crippen LogP contribution in [0.1, 0.15) is 25.3 Å². The fourth-order valence-electron chi connectivity index (χ4n) is 1.79. The average molecular weight is 267 g/mol. The third-order valence-corrected chi connectivity index (χ3v) is 3.90. The molecule has 3 nitrogen and oxygen atoms in total. The van der Waals surface area contributed by atoms with E-state index in [2.05, 4.69) is 24.1 Å². The molecular formula is C13H18FN3S. The Kier molecular flexibility index (Phi) is 3.94. The maximum absolute atomic E-state index is 13.1. The summed E-state index contributed by atoms with van der Waals surface area (Å²) in [6.07, 6.45) is 0.909. The van der Waals surface area contributed by atoms with Crippen molar-refractivity contribution in [2.24, 2.45) is 5.73 Å². The molecule has 0 atom stereocenters. The molecule has 0 amide bonds. The van der Waals surface area contributed by atoms with E-state index in [4.69, 9.17) is 5.73 Å². The first-order valence-electron chi connectivity index (χ1n) is 6.00. The third kappa shape index (κ3) is 3.25. The van der Waals surface area contributed by atoms with Crippen molar-refractivity contribution in [1.82, 2.24) is 10.3 Å². The number of thiazole rings is 1. The summed E-state index contributed by atoms with van der Waals surface area (Å²) in [6.45, 7) is 5.58. The van der Waals surface area contributed by atoms with Crippen LogP contribution in [0.2, 0.25) is 0 Å². The molecule has 0 spiro atoms. The van der Waals surface area contributed by atoms with Crippen LogP contribution in [0.25, 0.3) is 10.2 Å². The van der Waals surface area contributed by atoms with E-state index < -0.39 is 0 Å². The van der Waals surface area contributed by atoms with E-state index in [9.17, 15) is 4.39 Å². The molecule has 0 unspecified atom stereocenters. The lowest BCUT2D eigenvalue weighted by atomic mass is 10.0. The van der Waals surface area contributed by atoms with Crippen molar-refractivity contribution >= 4 is 21.6 Å². The standard InChI is InChI=1S/C13H18FN3S/c1-13(2,5-6-15)16-8-12-17-10-4-3-9(14)7-11(10)18-12/h3-4,7,16H,5-6,8,15H2,1-2H3. The molecular weight excluding hydrogens is 249 g/mol. The molecule has 0 bridgehead atoms. The number of halogens is 1. The van der Waals surface area contributed by atoms with E-state index in [1.165, 1.54) is 23.5 Å². The van der Waals surface area contributed by atoms with Crippen molar-refractivity contribution in [1.29, 1.82) is 0 Å². The normalized spacial score (nSPS) is 12.2. The molecule has 1 heterocycles. The summed E-state index contributed by atoms with van der Waals surface area (Å²) < 4.78 is 14.0. The smallest absolute Gasteiger partial charge is 0.124 e. The summed E-state index contributed by atoms with van der Waals surface area (Å²) in [5.41, 5.74) is 6.42. The Morgan fingerprint density at radius 3 is 2.94 bits per heavy atom. The molecule has 0 aliphatic heterocycles. The average Bonchev–Trinajstić information content (AvgIpc) is 2.68. The largest absolute Gasteiger partial charge is 0.330 e. The van der Waals surface area contributed by atoms with Crippen molar-refractivity contribution in [2.75, 3.05) is 6.54 Å². The fourth-order valence-corrected chi connectivity index (χ4v) is 2.72. The van der Waals surface area contributed by atoms with Crippen LogP contribution in [0.4, 0.5) is 4.39 Å². The van der Waals surface area contributed by atoms with Gasteiger partial charge in [0.15, 0.2) is 0 Å². The number of aromatic nitrogens is 1. The number of rotatable bonds is 5. The molecule has 5 heteroatoms. The SMILES string of the molecule is CC(C)(CCN)NCc1nc2ccc(F)cc2s1. The van der Waals surface area contributed by atoms with Crippen molar-refractivity contribution < 1.29 is 4.39 Å². The molecule has 0 aliphatic carbocycles. The number of fused-ring (bicyclic) bond motifs is 1. The van der Waals surface area contributed by atoms with E-state index in [0.29, 0.717) is 13.1 Å². The predicted molar refractivity (Wildman–Crippen MR) is 74.2 cm³/mol. The third-order valence-electron chi connectivity index (χ3n) is 2.88. The molecule has 0 fully saturated rings. The van der Waals surface area contributed by atoms with Crippen LogP contribution in [0.3, 0.4) is 0 Å². The zero-order valence-electron chi connectivity index (χ0n) is 10.7. The summed E-state index contributed by atoms with van der Waals surface area (Å²) >= 11 is 1.53. The van der Waals surface area contributed by atoms with Crippen molar-refractivity contribution in [3.05, 3.63) is 29.0 Å².